The Hall–Kier alpha value is -2.23. The third-order valence-corrected chi connectivity index (χ3v) is 3.82. The van der Waals surface area contributed by atoms with Crippen molar-refractivity contribution in [3.8, 4) is 11.5 Å². The predicted molar refractivity (Wildman–Crippen MR) is 98.1 cm³/mol. The summed E-state index contributed by atoms with van der Waals surface area (Å²) in [5.41, 5.74) is 0.902. The number of allylic oxidation sites excluding steroid dienone is 3. The van der Waals surface area contributed by atoms with Crippen LogP contribution in [0.4, 0.5) is 0 Å². The second kappa shape index (κ2) is 11.3. The summed E-state index contributed by atoms with van der Waals surface area (Å²) in [6.45, 7) is 6.30. The minimum absolute atomic E-state index is 0.0536. The molecule has 0 fully saturated rings. The summed E-state index contributed by atoms with van der Waals surface area (Å²) >= 11 is 0. The Bertz CT molecular complexity index is 552. The van der Waals surface area contributed by atoms with Crippen LogP contribution in [0.1, 0.15) is 44.6 Å². The summed E-state index contributed by atoms with van der Waals surface area (Å²) in [6.07, 6.45) is 10.9. The maximum atomic E-state index is 11.8. The van der Waals surface area contributed by atoms with E-state index in [-0.39, 0.29) is 11.7 Å². The van der Waals surface area contributed by atoms with E-state index in [2.05, 4.69) is 31.0 Å². The van der Waals surface area contributed by atoms with E-state index >= 15 is 0 Å². The van der Waals surface area contributed by atoms with Crippen LogP contribution in [0.25, 0.3) is 0 Å². The molecule has 0 radical (unpaired) electrons. The smallest absolute Gasteiger partial charge is 0.220 e. The number of phenols is 1. The highest BCUT2D eigenvalue weighted by Gasteiger charge is 2.05. The monoisotopic (exact) mass is 331 g/mol. The summed E-state index contributed by atoms with van der Waals surface area (Å²) in [4.78, 5) is 11.8. The van der Waals surface area contributed by atoms with Crippen LogP contribution >= 0.6 is 0 Å². The van der Waals surface area contributed by atoms with Gasteiger partial charge in [-0.05, 0) is 42.9 Å². The lowest BCUT2D eigenvalue weighted by molar-refractivity contribution is -0.121. The molecule has 24 heavy (non-hydrogen) atoms. The highest BCUT2D eigenvalue weighted by atomic mass is 16.5. The van der Waals surface area contributed by atoms with Crippen LogP contribution in [0.15, 0.2) is 43.0 Å². The van der Waals surface area contributed by atoms with Crippen LogP contribution in [0, 0.1) is 5.92 Å². The van der Waals surface area contributed by atoms with Crippen LogP contribution in [0.5, 0.6) is 11.5 Å². The molecule has 1 atom stereocenters. The minimum Gasteiger partial charge on any atom is -0.504 e. The Balaban J connectivity index is 2.16. The number of hydrogen-bond acceptors (Lipinski definition) is 3. The van der Waals surface area contributed by atoms with E-state index in [0.717, 1.165) is 31.2 Å². The number of carbonyl (C=O) groups is 1. The lowest BCUT2D eigenvalue weighted by atomic mass is 10.1. The number of benzene rings is 1. The Labute approximate surface area is 145 Å². The molecule has 4 nitrogen and oxygen atoms in total. The molecule has 0 saturated heterocycles. The molecule has 1 rings (SSSR count). The lowest BCUT2D eigenvalue weighted by Gasteiger charge is -2.08. The molecule has 0 spiro atoms. The zero-order chi connectivity index (χ0) is 17.8. The third kappa shape index (κ3) is 7.86. The molecule has 132 valence electrons. The number of ether oxygens (including phenoxy) is 1. The molecule has 2 N–H and O–H groups in total. The fourth-order valence-electron chi connectivity index (χ4n) is 2.23. The van der Waals surface area contributed by atoms with Gasteiger partial charge in [-0.15, -0.1) is 6.58 Å². The molecule has 0 heterocycles. The molecule has 0 aromatic heterocycles. The highest BCUT2D eigenvalue weighted by Crippen LogP contribution is 2.26. The second-order valence-corrected chi connectivity index (χ2v) is 5.91. The van der Waals surface area contributed by atoms with Crippen molar-refractivity contribution < 1.29 is 14.6 Å². The normalized spacial score (nSPS) is 12.1. The van der Waals surface area contributed by atoms with Crippen molar-refractivity contribution in [2.75, 3.05) is 7.11 Å². The third-order valence-electron chi connectivity index (χ3n) is 3.82. The van der Waals surface area contributed by atoms with Crippen molar-refractivity contribution in [3.05, 3.63) is 48.6 Å². The lowest BCUT2D eigenvalue weighted by Crippen LogP contribution is -2.22. The maximum Gasteiger partial charge on any atom is 0.220 e. The van der Waals surface area contributed by atoms with Gasteiger partial charge in [-0.3, -0.25) is 4.79 Å². The number of hydrogen-bond donors (Lipinski definition) is 2. The van der Waals surface area contributed by atoms with E-state index in [1.807, 2.05) is 6.08 Å². The first-order valence-electron chi connectivity index (χ1n) is 8.48. The molecule has 1 aromatic carbocycles. The number of methoxy groups -OCH3 is 1. The molecule has 1 amide bonds. The van der Waals surface area contributed by atoms with E-state index in [1.165, 1.54) is 7.11 Å². The molecule has 0 aliphatic carbocycles. The molecule has 0 saturated carbocycles. The number of carbonyl (C=O) groups excluding carboxylic acids is 1. The molecule has 4 heteroatoms. The number of phenolic OH excluding ortho intramolecular Hbond substituents is 1. The first kappa shape index (κ1) is 19.8. The number of aromatic hydroxyl groups is 1. The predicted octanol–water partition coefficient (Wildman–Crippen LogP) is 4.35. The highest BCUT2D eigenvalue weighted by molar-refractivity contribution is 5.75. The molecular formula is C20H29NO3. The summed E-state index contributed by atoms with van der Waals surface area (Å²) in [5.74, 6) is 0.997. The van der Waals surface area contributed by atoms with Crippen molar-refractivity contribution in [2.45, 2.75) is 45.6 Å². The second-order valence-electron chi connectivity index (χ2n) is 5.91. The molecule has 0 bridgehead atoms. The SMILES string of the molecule is C=CC(C)/C=C/CCCCCC(=O)NCc1ccc(O)c(OC)c1. The summed E-state index contributed by atoms with van der Waals surface area (Å²) in [7, 11) is 1.50. The number of nitrogens with one attached hydrogen (secondary N) is 1. The summed E-state index contributed by atoms with van der Waals surface area (Å²) in [5, 5.41) is 12.4. The van der Waals surface area contributed by atoms with E-state index in [1.54, 1.807) is 18.2 Å². The fourth-order valence-corrected chi connectivity index (χ4v) is 2.23. The Morgan fingerprint density at radius 3 is 2.88 bits per heavy atom. The van der Waals surface area contributed by atoms with Gasteiger partial charge in [0.05, 0.1) is 7.11 Å². The van der Waals surface area contributed by atoms with Gasteiger partial charge in [-0.2, -0.15) is 0 Å². The van der Waals surface area contributed by atoms with Crippen LogP contribution in [-0.4, -0.2) is 18.1 Å². The Morgan fingerprint density at radius 2 is 2.17 bits per heavy atom. The van der Waals surface area contributed by atoms with Crippen LogP contribution in [0.2, 0.25) is 0 Å². The van der Waals surface area contributed by atoms with E-state index < -0.39 is 0 Å². The van der Waals surface area contributed by atoms with E-state index in [9.17, 15) is 9.90 Å². The Kier molecular flexibility index (Phi) is 9.35. The number of rotatable bonds is 11. The van der Waals surface area contributed by atoms with Gasteiger partial charge in [0.25, 0.3) is 0 Å². The zero-order valence-corrected chi connectivity index (χ0v) is 14.8. The molecule has 1 aromatic rings. The van der Waals surface area contributed by atoms with Gasteiger partial charge >= 0.3 is 0 Å². The Morgan fingerprint density at radius 1 is 1.38 bits per heavy atom. The van der Waals surface area contributed by atoms with Crippen molar-refractivity contribution >= 4 is 5.91 Å². The van der Waals surface area contributed by atoms with Gasteiger partial charge in [0.2, 0.25) is 5.91 Å². The van der Waals surface area contributed by atoms with E-state index in [0.29, 0.717) is 24.6 Å². The van der Waals surface area contributed by atoms with Crippen molar-refractivity contribution in [1.29, 1.82) is 0 Å². The molecular weight excluding hydrogens is 302 g/mol. The zero-order valence-electron chi connectivity index (χ0n) is 14.8. The van der Waals surface area contributed by atoms with Gasteiger partial charge < -0.3 is 15.2 Å². The average Bonchev–Trinajstić information content (AvgIpc) is 2.59. The van der Waals surface area contributed by atoms with Crippen molar-refractivity contribution in [1.82, 2.24) is 5.32 Å². The van der Waals surface area contributed by atoms with E-state index in [4.69, 9.17) is 4.74 Å². The standard InChI is InChI=1S/C20H29NO3/c1-4-16(2)10-8-6-5-7-9-11-20(23)21-15-17-12-13-18(22)19(14-17)24-3/h4,8,10,12-14,16,22H,1,5-7,9,11,15H2,2-3H3,(H,21,23)/b10-8+. The average molecular weight is 331 g/mol. The topological polar surface area (TPSA) is 58.6 Å². The molecule has 0 aliphatic heterocycles. The number of amides is 1. The first-order chi connectivity index (χ1) is 11.6. The fraction of sp³-hybridized carbons (Fsp3) is 0.450. The van der Waals surface area contributed by atoms with Crippen LogP contribution < -0.4 is 10.1 Å². The van der Waals surface area contributed by atoms with Gasteiger partial charge in [0.15, 0.2) is 11.5 Å². The largest absolute Gasteiger partial charge is 0.504 e. The van der Waals surface area contributed by atoms with Gasteiger partial charge in [0, 0.05) is 13.0 Å². The van der Waals surface area contributed by atoms with Crippen LogP contribution in [-0.2, 0) is 11.3 Å². The van der Waals surface area contributed by atoms with Gasteiger partial charge in [0.1, 0.15) is 0 Å². The molecule has 1 unspecified atom stereocenters. The number of unbranched alkanes of at least 4 members (excludes halogenated alkanes) is 3. The molecule has 0 aliphatic rings. The first-order valence-corrected chi connectivity index (χ1v) is 8.48. The van der Waals surface area contributed by atoms with Crippen molar-refractivity contribution in [3.63, 3.8) is 0 Å². The van der Waals surface area contributed by atoms with Gasteiger partial charge in [-0.1, -0.05) is 37.6 Å². The quantitative estimate of drug-likeness (QED) is 0.468. The maximum absolute atomic E-state index is 11.8. The summed E-state index contributed by atoms with van der Waals surface area (Å²) < 4.78 is 5.05. The minimum atomic E-state index is 0.0536. The van der Waals surface area contributed by atoms with Crippen molar-refractivity contribution in [2.24, 2.45) is 5.92 Å². The summed E-state index contributed by atoms with van der Waals surface area (Å²) in [6, 6.07) is 5.07. The van der Waals surface area contributed by atoms with Crippen LogP contribution in [0.3, 0.4) is 0 Å². The van der Waals surface area contributed by atoms with Gasteiger partial charge in [-0.25, -0.2) is 0 Å².